The highest BCUT2D eigenvalue weighted by Gasteiger charge is 2.07. The fraction of sp³-hybridized carbons (Fsp3) is 0.143. The van der Waals surface area contributed by atoms with Crippen molar-refractivity contribution >= 4 is 11.7 Å². The molecular formula is C7H7N3O4. The van der Waals surface area contributed by atoms with Gasteiger partial charge in [-0.1, -0.05) is 6.08 Å². The number of allylic oxidation sites excluding steroid dienone is 1. The molecule has 0 aliphatic carbocycles. The van der Waals surface area contributed by atoms with Crippen molar-refractivity contribution in [3.8, 4) is 0 Å². The van der Waals surface area contributed by atoms with Gasteiger partial charge < -0.3 is 5.11 Å². The molecule has 0 fully saturated rings. The molecule has 74 valence electrons. The van der Waals surface area contributed by atoms with Crippen LogP contribution in [-0.4, -0.2) is 25.8 Å². The van der Waals surface area contributed by atoms with Gasteiger partial charge in [-0.05, 0) is 0 Å². The third kappa shape index (κ3) is 2.70. The Balaban J connectivity index is 2.60. The molecule has 0 amide bonds. The summed E-state index contributed by atoms with van der Waals surface area (Å²) in [7, 11) is 0. The summed E-state index contributed by atoms with van der Waals surface area (Å²) in [6, 6.07) is 0. The topological polar surface area (TPSA) is 98.3 Å². The van der Waals surface area contributed by atoms with Crippen LogP contribution in [0.3, 0.4) is 0 Å². The molecule has 14 heavy (non-hydrogen) atoms. The van der Waals surface area contributed by atoms with Crippen LogP contribution in [0.5, 0.6) is 0 Å². The number of aromatic nitrogens is 2. The average molecular weight is 197 g/mol. The molecule has 1 rings (SSSR count). The molecule has 1 aromatic rings. The Labute approximate surface area is 78.4 Å². The highest BCUT2D eigenvalue weighted by molar-refractivity contribution is 5.79. The van der Waals surface area contributed by atoms with E-state index in [1.54, 1.807) is 0 Å². The van der Waals surface area contributed by atoms with Crippen molar-refractivity contribution in [2.75, 3.05) is 0 Å². The Morgan fingerprint density at radius 1 is 1.79 bits per heavy atom. The number of hydrogen-bond acceptors (Lipinski definition) is 4. The Morgan fingerprint density at radius 3 is 3.00 bits per heavy atom. The lowest BCUT2D eigenvalue weighted by atomic mass is 10.5. The third-order valence-electron chi connectivity index (χ3n) is 1.38. The summed E-state index contributed by atoms with van der Waals surface area (Å²) in [4.78, 5) is 19.7. The predicted octanol–water partition coefficient (Wildman–Crippen LogP) is 0.432. The quantitative estimate of drug-likeness (QED) is 0.428. The molecule has 1 heterocycles. The molecule has 0 spiro atoms. The minimum atomic E-state index is -1.06. The van der Waals surface area contributed by atoms with Crippen LogP contribution in [0.1, 0.15) is 0 Å². The van der Waals surface area contributed by atoms with E-state index in [0.717, 1.165) is 12.3 Å². The number of nitrogens with zero attached hydrogens (tertiary/aromatic N) is 3. The number of rotatable bonds is 4. The minimum absolute atomic E-state index is 0.117. The molecule has 0 aliphatic heterocycles. The smallest absolute Gasteiger partial charge is 0.328 e. The second kappa shape index (κ2) is 4.17. The van der Waals surface area contributed by atoms with Crippen molar-refractivity contribution < 1.29 is 14.8 Å². The molecule has 0 aliphatic rings. The normalized spacial score (nSPS) is 10.6. The highest BCUT2D eigenvalue weighted by atomic mass is 16.6. The van der Waals surface area contributed by atoms with E-state index in [1.165, 1.54) is 17.0 Å². The molecule has 0 atom stereocenters. The zero-order valence-electron chi connectivity index (χ0n) is 7.03. The molecule has 0 radical (unpaired) electrons. The van der Waals surface area contributed by atoms with E-state index in [4.69, 9.17) is 5.11 Å². The van der Waals surface area contributed by atoms with E-state index in [2.05, 4.69) is 5.10 Å². The molecule has 0 bridgehead atoms. The molecule has 1 aromatic heterocycles. The number of nitro groups is 1. The van der Waals surface area contributed by atoms with Crippen molar-refractivity contribution in [3.63, 3.8) is 0 Å². The highest BCUT2D eigenvalue weighted by Crippen LogP contribution is 2.07. The first kappa shape index (κ1) is 9.90. The second-order valence-electron chi connectivity index (χ2n) is 2.42. The van der Waals surface area contributed by atoms with E-state index in [1.807, 2.05) is 0 Å². The lowest BCUT2D eigenvalue weighted by Gasteiger charge is -1.90. The lowest BCUT2D eigenvalue weighted by Crippen LogP contribution is -1.96. The third-order valence-corrected chi connectivity index (χ3v) is 1.38. The average Bonchev–Trinajstić information content (AvgIpc) is 2.52. The van der Waals surface area contributed by atoms with Gasteiger partial charge in [0.15, 0.2) is 0 Å². The van der Waals surface area contributed by atoms with Gasteiger partial charge in [-0.3, -0.25) is 14.8 Å². The van der Waals surface area contributed by atoms with Crippen molar-refractivity contribution in [3.05, 3.63) is 34.7 Å². The van der Waals surface area contributed by atoms with Crippen molar-refractivity contribution in [2.45, 2.75) is 6.54 Å². The molecule has 7 heteroatoms. The van der Waals surface area contributed by atoms with Gasteiger partial charge in [0.2, 0.25) is 0 Å². The van der Waals surface area contributed by atoms with Gasteiger partial charge >= 0.3 is 11.7 Å². The summed E-state index contributed by atoms with van der Waals surface area (Å²) in [5.41, 5.74) is -0.117. The van der Waals surface area contributed by atoms with Crippen molar-refractivity contribution in [1.29, 1.82) is 0 Å². The first-order valence-corrected chi connectivity index (χ1v) is 3.66. The maximum atomic E-state index is 10.2. The Hall–Kier alpha value is -2.18. The van der Waals surface area contributed by atoms with E-state index >= 15 is 0 Å². The Kier molecular flexibility index (Phi) is 2.95. The number of carboxylic acid groups (broad SMARTS) is 1. The van der Waals surface area contributed by atoms with Gasteiger partial charge in [-0.15, -0.1) is 0 Å². The monoisotopic (exact) mass is 197 g/mol. The fourth-order valence-corrected chi connectivity index (χ4v) is 0.808. The van der Waals surface area contributed by atoms with Crippen LogP contribution in [0.25, 0.3) is 0 Å². The SMILES string of the molecule is O=C(O)C=CCn1cc([N+](=O)[O-])cn1. The predicted molar refractivity (Wildman–Crippen MR) is 45.7 cm³/mol. The molecular weight excluding hydrogens is 190 g/mol. The van der Waals surface area contributed by atoms with E-state index in [-0.39, 0.29) is 12.2 Å². The lowest BCUT2D eigenvalue weighted by molar-refractivity contribution is -0.385. The van der Waals surface area contributed by atoms with Crippen LogP contribution in [-0.2, 0) is 11.3 Å². The molecule has 0 unspecified atom stereocenters. The van der Waals surface area contributed by atoms with E-state index in [0.29, 0.717) is 0 Å². The van der Waals surface area contributed by atoms with Crippen LogP contribution >= 0.6 is 0 Å². The maximum Gasteiger partial charge on any atom is 0.328 e. The Morgan fingerprint density at radius 2 is 2.50 bits per heavy atom. The van der Waals surface area contributed by atoms with E-state index in [9.17, 15) is 14.9 Å². The van der Waals surface area contributed by atoms with Crippen molar-refractivity contribution in [2.24, 2.45) is 0 Å². The first-order valence-electron chi connectivity index (χ1n) is 3.66. The molecule has 0 saturated carbocycles. The standard InChI is InChI=1S/C7H7N3O4/c11-7(12)2-1-3-9-5-6(4-8-9)10(13)14/h1-2,4-5H,3H2,(H,11,12). The summed E-state index contributed by atoms with van der Waals surface area (Å²) in [5, 5.41) is 22.2. The van der Waals surface area contributed by atoms with Gasteiger partial charge in [0.05, 0.1) is 11.5 Å². The van der Waals surface area contributed by atoms with Crippen LogP contribution in [0, 0.1) is 10.1 Å². The molecule has 7 nitrogen and oxygen atoms in total. The van der Waals surface area contributed by atoms with Crippen LogP contribution in [0.4, 0.5) is 5.69 Å². The maximum absolute atomic E-state index is 10.2. The van der Waals surface area contributed by atoms with E-state index < -0.39 is 10.9 Å². The molecule has 1 N–H and O–H groups in total. The van der Waals surface area contributed by atoms with Gasteiger partial charge in [-0.25, -0.2) is 4.79 Å². The first-order chi connectivity index (χ1) is 6.59. The molecule has 0 saturated heterocycles. The van der Waals surface area contributed by atoms with Gasteiger partial charge in [0.1, 0.15) is 12.4 Å². The largest absolute Gasteiger partial charge is 0.478 e. The summed E-state index contributed by atoms with van der Waals surface area (Å²) in [5.74, 6) is -1.06. The summed E-state index contributed by atoms with van der Waals surface area (Å²) < 4.78 is 1.28. The fourth-order valence-electron chi connectivity index (χ4n) is 0.808. The zero-order valence-corrected chi connectivity index (χ0v) is 7.03. The molecule has 0 aromatic carbocycles. The minimum Gasteiger partial charge on any atom is -0.478 e. The van der Waals surface area contributed by atoms with Gasteiger partial charge in [0, 0.05) is 6.08 Å². The van der Waals surface area contributed by atoms with Gasteiger partial charge in [-0.2, -0.15) is 5.10 Å². The number of aliphatic carboxylic acids is 1. The second-order valence-corrected chi connectivity index (χ2v) is 2.42. The van der Waals surface area contributed by atoms with Crippen LogP contribution in [0.15, 0.2) is 24.5 Å². The summed E-state index contributed by atoms with van der Waals surface area (Å²) >= 11 is 0. The van der Waals surface area contributed by atoms with Crippen molar-refractivity contribution in [1.82, 2.24) is 9.78 Å². The Bertz CT molecular complexity index is 382. The van der Waals surface area contributed by atoms with Crippen LogP contribution < -0.4 is 0 Å². The summed E-state index contributed by atoms with van der Waals surface area (Å²) in [6.07, 6.45) is 4.63. The number of carboxylic acids is 1. The zero-order chi connectivity index (χ0) is 10.6. The van der Waals surface area contributed by atoms with Gasteiger partial charge in [0.25, 0.3) is 0 Å². The van der Waals surface area contributed by atoms with Crippen LogP contribution in [0.2, 0.25) is 0 Å². The number of hydrogen-bond donors (Lipinski definition) is 1. The number of carbonyl (C=O) groups is 1. The summed E-state index contributed by atoms with van der Waals surface area (Å²) in [6.45, 7) is 0.195.